The monoisotopic (exact) mass is 412 g/mol. The van der Waals surface area contributed by atoms with Crippen molar-refractivity contribution in [2.24, 2.45) is 5.10 Å². The van der Waals surface area contributed by atoms with E-state index in [4.69, 9.17) is 4.74 Å². The molecule has 0 spiro atoms. The largest absolute Gasteiger partial charge is 0.484 e. The molecule has 0 bridgehead atoms. The van der Waals surface area contributed by atoms with Gasteiger partial charge < -0.3 is 4.74 Å². The summed E-state index contributed by atoms with van der Waals surface area (Å²) in [6.45, 7) is 4.50. The fourth-order valence-electron chi connectivity index (χ4n) is 3.42. The van der Waals surface area contributed by atoms with Crippen LogP contribution < -0.4 is 10.2 Å². The molecule has 0 atom stereocenters. The molecule has 0 aliphatic heterocycles. The van der Waals surface area contributed by atoms with Crippen LogP contribution in [0.2, 0.25) is 0 Å². The molecular weight excluding hydrogens is 388 g/mol. The van der Waals surface area contributed by atoms with Crippen LogP contribution in [-0.2, 0) is 11.3 Å². The van der Waals surface area contributed by atoms with Gasteiger partial charge in [-0.2, -0.15) is 10.2 Å². The second kappa shape index (κ2) is 9.26. The first-order chi connectivity index (χ1) is 15.1. The number of hydrogen-bond acceptors (Lipinski definition) is 4. The number of carbonyl (C=O) groups is 1. The highest BCUT2D eigenvalue weighted by atomic mass is 16.5. The van der Waals surface area contributed by atoms with Crippen molar-refractivity contribution in [3.8, 4) is 5.75 Å². The molecule has 0 aliphatic rings. The van der Waals surface area contributed by atoms with Crippen molar-refractivity contribution in [1.82, 2.24) is 15.2 Å². The maximum atomic E-state index is 12.1. The van der Waals surface area contributed by atoms with E-state index in [1.165, 1.54) is 5.56 Å². The van der Waals surface area contributed by atoms with Gasteiger partial charge in [0.05, 0.1) is 18.5 Å². The lowest BCUT2D eigenvalue weighted by atomic mass is 10.1. The molecule has 156 valence electrons. The van der Waals surface area contributed by atoms with Gasteiger partial charge in [0, 0.05) is 11.3 Å². The van der Waals surface area contributed by atoms with Crippen molar-refractivity contribution in [2.45, 2.75) is 20.4 Å². The molecule has 0 saturated heterocycles. The molecule has 6 nitrogen and oxygen atoms in total. The lowest BCUT2D eigenvalue weighted by Crippen LogP contribution is -2.24. The van der Waals surface area contributed by atoms with Crippen LogP contribution in [0.1, 0.15) is 22.5 Å². The second-order valence-corrected chi connectivity index (χ2v) is 7.32. The maximum Gasteiger partial charge on any atom is 0.277 e. The zero-order valence-electron chi connectivity index (χ0n) is 17.6. The average molecular weight is 412 g/mol. The standard InChI is InChI=1S/C25H24N4O2/c1-18-24(19(2)29(28-18)16-20-8-4-3-5-9-20)15-26-27-25(30)17-31-23-13-12-21-10-6-7-11-22(21)14-23/h3-15H,16-17H2,1-2H3,(H,27,30)/b26-15+. The Bertz CT molecular complexity index is 1230. The minimum absolute atomic E-state index is 0.110. The highest BCUT2D eigenvalue weighted by Gasteiger charge is 2.10. The molecule has 1 N–H and O–H groups in total. The zero-order valence-corrected chi connectivity index (χ0v) is 17.6. The first-order valence-electron chi connectivity index (χ1n) is 10.1. The lowest BCUT2D eigenvalue weighted by molar-refractivity contribution is -0.123. The third kappa shape index (κ3) is 4.98. The number of ether oxygens (including phenoxy) is 1. The normalized spacial score (nSPS) is 11.2. The summed E-state index contributed by atoms with van der Waals surface area (Å²) in [7, 11) is 0. The molecular formula is C25H24N4O2. The number of aromatic nitrogens is 2. The van der Waals surface area contributed by atoms with E-state index in [1.807, 2.05) is 79.2 Å². The van der Waals surface area contributed by atoms with Gasteiger partial charge in [0.25, 0.3) is 5.91 Å². The molecule has 0 radical (unpaired) electrons. The van der Waals surface area contributed by atoms with Crippen molar-refractivity contribution < 1.29 is 9.53 Å². The number of amides is 1. The van der Waals surface area contributed by atoms with E-state index in [1.54, 1.807) is 6.21 Å². The van der Waals surface area contributed by atoms with E-state index in [9.17, 15) is 4.79 Å². The summed E-state index contributed by atoms with van der Waals surface area (Å²) in [5, 5.41) is 10.9. The minimum atomic E-state index is -0.323. The Hall–Kier alpha value is -3.93. The van der Waals surface area contributed by atoms with E-state index >= 15 is 0 Å². The first kappa shape index (κ1) is 20.3. The topological polar surface area (TPSA) is 68.5 Å². The molecule has 4 aromatic rings. The van der Waals surface area contributed by atoms with Gasteiger partial charge in [-0.3, -0.25) is 9.48 Å². The Morgan fingerprint density at radius 3 is 2.58 bits per heavy atom. The van der Waals surface area contributed by atoms with E-state index in [2.05, 4.69) is 27.8 Å². The third-order valence-corrected chi connectivity index (χ3v) is 5.09. The van der Waals surface area contributed by atoms with Crippen molar-refractivity contribution in [3.05, 3.63) is 95.3 Å². The third-order valence-electron chi connectivity index (χ3n) is 5.09. The van der Waals surface area contributed by atoms with Gasteiger partial charge in [0.15, 0.2) is 6.61 Å². The van der Waals surface area contributed by atoms with E-state index in [0.29, 0.717) is 12.3 Å². The predicted octanol–water partition coefficient (Wildman–Crippen LogP) is 4.23. The van der Waals surface area contributed by atoms with Gasteiger partial charge in [-0.25, -0.2) is 5.43 Å². The van der Waals surface area contributed by atoms with E-state index in [0.717, 1.165) is 27.7 Å². The van der Waals surface area contributed by atoms with Gasteiger partial charge in [-0.1, -0.05) is 60.7 Å². The summed E-state index contributed by atoms with van der Waals surface area (Å²) in [5.74, 6) is 0.322. The number of hydrazone groups is 1. The summed E-state index contributed by atoms with van der Waals surface area (Å²) in [6, 6.07) is 23.9. The molecule has 1 heterocycles. The summed E-state index contributed by atoms with van der Waals surface area (Å²) in [4.78, 5) is 12.1. The Morgan fingerprint density at radius 2 is 1.77 bits per heavy atom. The summed E-state index contributed by atoms with van der Waals surface area (Å²) in [5.41, 5.74) is 6.44. The fraction of sp³-hybridized carbons (Fsp3) is 0.160. The number of aryl methyl sites for hydroxylation is 1. The average Bonchev–Trinajstić information content (AvgIpc) is 3.05. The highest BCUT2D eigenvalue weighted by molar-refractivity contribution is 5.85. The quantitative estimate of drug-likeness (QED) is 0.365. The Kier molecular flexibility index (Phi) is 6.08. The molecule has 1 aromatic heterocycles. The van der Waals surface area contributed by atoms with Gasteiger partial charge >= 0.3 is 0 Å². The fourth-order valence-corrected chi connectivity index (χ4v) is 3.42. The predicted molar refractivity (Wildman–Crippen MR) is 122 cm³/mol. The summed E-state index contributed by atoms with van der Waals surface area (Å²) >= 11 is 0. The maximum absolute atomic E-state index is 12.1. The number of nitrogens with one attached hydrogen (secondary N) is 1. The van der Waals surface area contributed by atoms with Crippen molar-refractivity contribution in [3.63, 3.8) is 0 Å². The SMILES string of the molecule is Cc1nn(Cc2ccccc2)c(C)c1/C=N/NC(=O)COc1ccc2ccccc2c1. The zero-order chi connectivity index (χ0) is 21.6. The van der Waals surface area contributed by atoms with Crippen LogP contribution in [0.4, 0.5) is 0 Å². The molecule has 31 heavy (non-hydrogen) atoms. The number of benzene rings is 3. The molecule has 4 rings (SSSR count). The molecule has 0 saturated carbocycles. The van der Waals surface area contributed by atoms with Crippen LogP contribution in [0.15, 0.2) is 77.9 Å². The number of hydrogen-bond donors (Lipinski definition) is 1. The number of nitrogens with zero attached hydrogens (tertiary/aromatic N) is 3. The number of rotatable bonds is 7. The molecule has 3 aromatic carbocycles. The van der Waals surface area contributed by atoms with Crippen molar-refractivity contribution in [1.29, 1.82) is 0 Å². The number of carbonyl (C=O) groups excluding carboxylic acids is 1. The lowest BCUT2D eigenvalue weighted by Gasteiger charge is -2.06. The first-order valence-corrected chi connectivity index (χ1v) is 10.1. The molecule has 0 aliphatic carbocycles. The van der Waals surface area contributed by atoms with Crippen LogP contribution in [-0.4, -0.2) is 28.5 Å². The molecule has 0 unspecified atom stereocenters. The molecule has 1 amide bonds. The minimum Gasteiger partial charge on any atom is -0.484 e. The Balaban J connectivity index is 1.34. The Morgan fingerprint density at radius 1 is 1.03 bits per heavy atom. The molecule has 0 fully saturated rings. The van der Waals surface area contributed by atoms with Gasteiger partial charge in [-0.15, -0.1) is 0 Å². The van der Waals surface area contributed by atoms with Crippen molar-refractivity contribution in [2.75, 3.05) is 6.61 Å². The summed E-state index contributed by atoms with van der Waals surface area (Å²) in [6.07, 6.45) is 1.63. The van der Waals surface area contributed by atoms with Crippen LogP contribution in [0, 0.1) is 13.8 Å². The Labute approximate surface area is 181 Å². The highest BCUT2D eigenvalue weighted by Crippen LogP contribution is 2.20. The smallest absolute Gasteiger partial charge is 0.277 e. The van der Waals surface area contributed by atoms with Gasteiger partial charge in [-0.05, 0) is 42.3 Å². The number of fused-ring (bicyclic) bond motifs is 1. The molecule has 6 heteroatoms. The van der Waals surface area contributed by atoms with E-state index in [-0.39, 0.29) is 12.5 Å². The van der Waals surface area contributed by atoms with Crippen LogP contribution in [0.3, 0.4) is 0 Å². The van der Waals surface area contributed by atoms with Crippen LogP contribution in [0.5, 0.6) is 5.75 Å². The van der Waals surface area contributed by atoms with Crippen molar-refractivity contribution >= 4 is 22.9 Å². The van der Waals surface area contributed by atoms with Gasteiger partial charge in [0.1, 0.15) is 5.75 Å². The second-order valence-electron chi connectivity index (χ2n) is 7.32. The summed E-state index contributed by atoms with van der Waals surface area (Å²) < 4.78 is 7.54. The van der Waals surface area contributed by atoms with E-state index < -0.39 is 0 Å². The van der Waals surface area contributed by atoms with Crippen LogP contribution in [0.25, 0.3) is 10.8 Å². The van der Waals surface area contributed by atoms with Crippen LogP contribution >= 0.6 is 0 Å². The van der Waals surface area contributed by atoms with Gasteiger partial charge in [0.2, 0.25) is 0 Å².